The molecule has 0 spiro atoms. The highest BCUT2D eigenvalue weighted by atomic mass is 32.2. The lowest BCUT2D eigenvalue weighted by atomic mass is 9.80. The van der Waals surface area contributed by atoms with Gasteiger partial charge >= 0.3 is 0 Å². The Morgan fingerprint density at radius 1 is 1.32 bits per heavy atom. The first-order valence-electron chi connectivity index (χ1n) is 6.81. The van der Waals surface area contributed by atoms with E-state index in [2.05, 4.69) is 4.98 Å². The smallest absolute Gasteiger partial charge is 0.156 e. The van der Waals surface area contributed by atoms with Crippen molar-refractivity contribution in [3.63, 3.8) is 0 Å². The summed E-state index contributed by atoms with van der Waals surface area (Å²) in [5.41, 5.74) is 0.559. The Morgan fingerprint density at radius 2 is 1.95 bits per heavy atom. The SMILES string of the molecule is Cc1ncccc1C1(O)CC2CCCC(C1)S2(=O)=O. The third-order valence-electron chi connectivity index (χ3n) is 4.62. The molecule has 0 saturated carbocycles. The second-order valence-electron chi connectivity index (χ2n) is 5.84. The van der Waals surface area contributed by atoms with Gasteiger partial charge in [0.1, 0.15) is 0 Å². The molecule has 0 aromatic carbocycles. The topological polar surface area (TPSA) is 67.3 Å². The average molecular weight is 281 g/mol. The van der Waals surface area contributed by atoms with Gasteiger partial charge < -0.3 is 5.11 Å². The van der Waals surface area contributed by atoms with Gasteiger partial charge in [-0.25, -0.2) is 8.42 Å². The predicted molar refractivity (Wildman–Crippen MR) is 72.5 cm³/mol. The minimum Gasteiger partial charge on any atom is -0.385 e. The number of hydrogen-bond donors (Lipinski definition) is 1. The van der Waals surface area contributed by atoms with E-state index in [0.29, 0.717) is 25.7 Å². The van der Waals surface area contributed by atoms with Gasteiger partial charge in [0.05, 0.1) is 16.1 Å². The Labute approximate surface area is 113 Å². The monoisotopic (exact) mass is 281 g/mol. The molecule has 1 aromatic heterocycles. The molecular weight excluding hydrogens is 262 g/mol. The number of fused-ring (bicyclic) bond motifs is 2. The number of rotatable bonds is 1. The van der Waals surface area contributed by atoms with Crippen molar-refractivity contribution in [3.05, 3.63) is 29.6 Å². The molecule has 4 nitrogen and oxygen atoms in total. The third-order valence-corrected chi connectivity index (χ3v) is 7.28. The van der Waals surface area contributed by atoms with Crippen LogP contribution in [0.15, 0.2) is 18.3 Å². The Morgan fingerprint density at radius 3 is 2.53 bits per heavy atom. The van der Waals surface area contributed by atoms with Crippen LogP contribution in [0.5, 0.6) is 0 Å². The summed E-state index contributed by atoms with van der Waals surface area (Å²) in [5.74, 6) is 0. The molecule has 2 unspecified atom stereocenters. The van der Waals surface area contributed by atoms with E-state index in [4.69, 9.17) is 0 Å². The van der Waals surface area contributed by atoms with E-state index in [-0.39, 0.29) is 10.5 Å². The molecule has 0 amide bonds. The Kier molecular flexibility index (Phi) is 2.94. The van der Waals surface area contributed by atoms with Crippen molar-refractivity contribution < 1.29 is 13.5 Å². The van der Waals surface area contributed by atoms with Gasteiger partial charge in [-0.1, -0.05) is 12.5 Å². The minimum atomic E-state index is -3.04. The van der Waals surface area contributed by atoms with E-state index >= 15 is 0 Å². The van der Waals surface area contributed by atoms with Gasteiger partial charge in [-0.05, 0) is 38.7 Å². The molecule has 2 bridgehead atoms. The van der Waals surface area contributed by atoms with Gasteiger partial charge in [0.15, 0.2) is 9.84 Å². The maximum atomic E-state index is 12.3. The fourth-order valence-electron chi connectivity index (χ4n) is 3.64. The van der Waals surface area contributed by atoms with Crippen LogP contribution in [0, 0.1) is 6.92 Å². The van der Waals surface area contributed by atoms with Crippen molar-refractivity contribution in [3.8, 4) is 0 Å². The van der Waals surface area contributed by atoms with E-state index in [1.807, 2.05) is 13.0 Å². The van der Waals surface area contributed by atoms with Crippen molar-refractivity contribution in [2.24, 2.45) is 0 Å². The van der Waals surface area contributed by atoms with Gasteiger partial charge in [0.2, 0.25) is 0 Å². The zero-order valence-electron chi connectivity index (χ0n) is 11.0. The molecule has 2 aliphatic heterocycles. The molecule has 1 aromatic rings. The second kappa shape index (κ2) is 4.28. The van der Waals surface area contributed by atoms with Crippen LogP contribution in [-0.2, 0) is 15.4 Å². The fraction of sp³-hybridized carbons (Fsp3) is 0.643. The molecule has 2 aliphatic rings. The number of nitrogens with zero attached hydrogens (tertiary/aromatic N) is 1. The Balaban J connectivity index is 2.02. The lowest BCUT2D eigenvalue weighted by molar-refractivity contribution is 0.00410. The molecule has 3 rings (SSSR count). The predicted octanol–water partition coefficient (Wildman–Crippen LogP) is 1.71. The van der Waals surface area contributed by atoms with Crippen LogP contribution < -0.4 is 0 Å². The Bertz CT molecular complexity index is 576. The zero-order valence-corrected chi connectivity index (χ0v) is 11.9. The van der Waals surface area contributed by atoms with Crippen molar-refractivity contribution in [1.82, 2.24) is 4.98 Å². The summed E-state index contributed by atoms with van der Waals surface area (Å²) in [5, 5.41) is 10.2. The van der Waals surface area contributed by atoms with Gasteiger partial charge in [-0.2, -0.15) is 0 Å². The summed E-state index contributed by atoms with van der Waals surface area (Å²) in [4.78, 5) is 4.22. The second-order valence-corrected chi connectivity index (χ2v) is 8.35. The van der Waals surface area contributed by atoms with Crippen LogP contribution in [0.1, 0.15) is 43.4 Å². The quantitative estimate of drug-likeness (QED) is 0.851. The van der Waals surface area contributed by atoms with E-state index in [0.717, 1.165) is 17.7 Å². The van der Waals surface area contributed by atoms with Crippen LogP contribution in [0.2, 0.25) is 0 Å². The number of sulfone groups is 1. The molecule has 2 fully saturated rings. The first-order valence-corrected chi connectivity index (χ1v) is 8.42. The summed E-state index contributed by atoms with van der Waals surface area (Å²) in [7, 11) is -3.04. The van der Waals surface area contributed by atoms with E-state index < -0.39 is 15.4 Å². The third kappa shape index (κ3) is 1.99. The maximum Gasteiger partial charge on any atom is 0.156 e. The molecule has 19 heavy (non-hydrogen) atoms. The van der Waals surface area contributed by atoms with Crippen LogP contribution >= 0.6 is 0 Å². The summed E-state index contributed by atoms with van der Waals surface area (Å²) in [6.45, 7) is 1.87. The molecule has 2 saturated heterocycles. The molecule has 1 N–H and O–H groups in total. The number of hydrogen-bond acceptors (Lipinski definition) is 4. The highest BCUT2D eigenvalue weighted by Gasteiger charge is 2.51. The van der Waals surface area contributed by atoms with Crippen molar-refractivity contribution in [2.45, 2.75) is 55.1 Å². The number of aryl methyl sites for hydroxylation is 1. The first-order chi connectivity index (χ1) is 8.93. The van der Waals surface area contributed by atoms with E-state index in [9.17, 15) is 13.5 Å². The van der Waals surface area contributed by atoms with Gasteiger partial charge in [-0.15, -0.1) is 0 Å². The number of pyridine rings is 1. The fourth-order valence-corrected chi connectivity index (χ4v) is 6.19. The van der Waals surface area contributed by atoms with Crippen molar-refractivity contribution in [2.75, 3.05) is 0 Å². The normalized spacial score (nSPS) is 36.9. The standard InChI is InChI=1S/C14H19NO3S/c1-10-13(6-3-7-15-10)14(16)8-11-4-2-5-12(9-14)19(11,17)18/h3,6-7,11-12,16H,2,4-5,8-9H2,1H3. The van der Waals surface area contributed by atoms with Crippen LogP contribution in [0.3, 0.4) is 0 Å². The van der Waals surface area contributed by atoms with Gasteiger partial charge in [-0.3, -0.25) is 4.98 Å². The summed E-state index contributed by atoms with van der Waals surface area (Å²) in [6.07, 6.45) is 4.65. The van der Waals surface area contributed by atoms with Crippen LogP contribution in [0.4, 0.5) is 0 Å². The lowest BCUT2D eigenvalue weighted by Gasteiger charge is -2.44. The lowest BCUT2D eigenvalue weighted by Crippen LogP contribution is -2.50. The van der Waals surface area contributed by atoms with Crippen molar-refractivity contribution in [1.29, 1.82) is 0 Å². The molecule has 0 aliphatic carbocycles. The van der Waals surface area contributed by atoms with E-state index in [1.54, 1.807) is 12.3 Å². The largest absolute Gasteiger partial charge is 0.385 e. The highest BCUT2D eigenvalue weighted by molar-refractivity contribution is 7.92. The molecule has 2 atom stereocenters. The van der Waals surface area contributed by atoms with E-state index in [1.165, 1.54) is 0 Å². The summed E-state index contributed by atoms with van der Waals surface area (Å²) in [6, 6.07) is 3.68. The number of aromatic nitrogens is 1. The van der Waals surface area contributed by atoms with Gasteiger partial charge in [0, 0.05) is 17.5 Å². The van der Waals surface area contributed by atoms with Crippen LogP contribution in [0.25, 0.3) is 0 Å². The van der Waals surface area contributed by atoms with Gasteiger partial charge in [0.25, 0.3) is 0 Å². The molecule has 3 heterocycles. The first kappa shape index (κ1) is 13.1. The average Bonchev–Trinajstić information content (AvgIpc) is 2.32. The molecule has 104 valence electrons. The maximum absolute atomic E-state index is 12.3. The number of aliphatic hydroxyl groups is 1. The minimum absolute atomic E-state index is 0.318. The highest BCUT2D eigenvalue weighted by Crippen LogP contribution is 2.46. The van der Waals surface area contributed by atoms with Crippen LogP contribution in [-0.4, -0.2) is 29.0 Å². The molecular formula is C14H19NO3S. The molecule has 5 heteroatoms. The zero-order chi connectivity index (χ0) is 13.7. The summed E-state index contributed by atoms with van der Waals surface area (Å²) < 4.78 is 24.5. The summed E-state index contributed by atoms with van der Waals surface area (Å²) >= 11 is 0. The van der Waals surface area contributed by atoms with Crippen molar-refractivity contribution >= 4 is 9.84 Å². The molecule has 0 radical (unpaired) electrons. The Hall–Kier alpha value is -0.940.